The Hall–Kier alpha value is -3.55. The van der Waals surface area contributed by atoms with Gasteiger partial charge in [-0.2, -0.15) is 4.98 Å². The fourth-order valence-electron chi connectivity index (χ4n) is 2.47. The fourth-order valence-corrected chi connectivity index (χ4v) is 2.47. The first-order valence-corrected chi connectivity index (χ1v) is 8.69. The van der Waals surface area contributed by atoms with Gasteiger partial charge >= 0.3 is 0 Å². The second-order valence-electron chi connectivity index (χ2n) is 5.78. The summed E-state index contributed by atoms with van der Waals surface area (Å²) in [4.78, 5) is 16.2. The molecule has 2 aromatic carbocycles. The van der Waals surface area contributed by atoms with E-state index in [4.69, 9.17) is 18.7 Å². The highest BCUT2D eigenvalue weighted by atomic mass is 16.5. The van der Waals surface area contributed by atoms with Crippen LogP contribution in [0.1, 0.15) is 5.89 Å². The third-order valence-electron chi connectivity index (χ3n) is 3.88. The molecule has 0 saturated heterocycles. The second kappa shape index (κ2) is 9.40. The van der Waals surface area contributed by atoms with Crippen LogP contribution in [0.3, 0.4) is 0 Å². The number of ether oxygens (including phenoxy) is 3. The molecule has 0 bridgehead atoms. The third-order valence-corrected chi connectivity index (χ3v) is 3.88. The van der Waals surface area contributed by atoms with Crippen LogP contribution in [0.2, 0.25) is 0 Å². The third kappa shape index (κ3) is 5.00. The Balaban J connectivity index is 1.49. The van der Waals surface area contributed by atoms with Crippen molar-refractivity contribution >= 4 is 5.91 Å². The maximum atomic E-state index is 11.8. The SMILES string of the molecule is COc1ccc(-c2noc(CCNC(=O)COc3ccccc3)n2)cc1OC. The van der Waals surface area contributed by atoms with Gasteiger partial charge in [0.2, 0.25) is 11.7 Å². The Kier molecular flexibility index (Phi) is 6.46. The van der Waals surface area contributed by atoms with E-state index in [1.54, 1.807) is 38.5 Å². The van der Waals surface area contributed by atoms with E-state index >= 15 is 0 Å². The first kappa shape index (κ1) is 19.2. The number of nitrogens with zero attached hydrogens (tertiary/aromatic N) is 2. The quantitative estimate of drug-likeness (QED) is 0.606. The summed E-state index contributed by atoms with van der Waals surface area (Å²) in [7, 11) is 3.14. The lowest BCUT2D eigenvalue weighted by Crippen LogP contribution is -2.30. The molecule has 0 unspecified atom stereocenters. The zero-order valence-electron chi connectivity index (χ0n) is 15.7. The fraction of sp³-hybridized carbons (Fsp3) is 0.250. The van der Waals surface area contributed by atoms with Crippen molar-refractivity contribution in [3.8, 4) is 28.6 Å². The summed E-state index contributed by atoms with van der Waals surface area (Å²) in [6.07, 6.45) is 0.414. The van der Waals surface area contributed by atoms with Crippen molar-refractivity contribution < 1.29 is 23.5 Å². The summed E-state index contributed by atoms with van der Waals surface area (Å²) in [5.41, 5.74) is 0.743. The van der Waals surface area contributed by atoms with E-state index in [1.165, 1.54) is 0 Å². The molecule has 0 aliphatic heterocycles. The van der Waals surface area contributed by atoms with Crippen LogP contribution in [0, 0.1) is 0 Å². The van der Waals surface area contributed by atoms with Crippen molar-refractivity contribution in [1.29, 1.82) is 0 Å². The molecule has 0 radical (unpaired) electrons. The van der Waals surface area contributed by atoms with E-state index in [9.17, 15) is 4.79 Å². The van der Waals surface area contributed by atoms with E-state index in [2.05, 4.69) is 15.5 Å². The molecule has 3 aromatic rings. The van der Waals surface area contributed by atoms with Crippen LogP contribution in [0.25, 0.3) is 11.4 Å². The zero-order valence-corrected chi connectivity index (χ0v) is 15.7. The maximum absolute atomic E-state index is 11.8. The molecule has 1 N–H and O–H groups in total. The molecule has 146 valence electrons. The highest BCUT2D eigenvalue weighted by Crippen LogP contribution is 2.31. The van der Waals surface area contributed by atoms with Crippen LogP contribution in [0.15, 0.2) is 53.1 Å². The number of methoxy groups -OCH3 is 2. The minimum absolute atomic E-state index is 0.0509. The summed E-state index contributed by atoms with van der Waals surface area (Å²) in [5.74, 6) is 2.49. The van der Waals surface area contributed by atoms with Crippen molar-refractivity contribution in [1.82, 2.24) is 15.5 Å². The van der Waals surface area contributed by atoms with E-state index in [-0.39, 0.29) is 12.5 Å². The normalized spacial score (nSPS) is 10.4. The summed E-state index contributed by atoms with van der Waals surface area (Å²) < 4.78 is 21.1. The Morgan fingerprint density at radius 2 is 1.86 bits per heavy atom. The van der Waals surface area contributed by atoms with Crippen molar-refractivity contribution in [3.63, 3.8) is 0 Å². The van der Waals surface area contributed by atoms with Gasteiger partial charge in [-0.25, -0.2) is 0 Å². The predicted octanol–water partition coefficient (Wildman–Crippen LogP) is 2.49. The molecule has 0 saturated carbocycles. The van der Waals surface area contributed by atoms with E-state index < -0.39 is 0 Å². The number of hydrogen-bond donors (Lipinski definition) is 1. The number of hydrogen-bond acceptors (Lipinski definition) is 7. The van der Waals surface area contributed by atoms with Crippen molar-refractivity contribution in [2.75, 3.05) is 27.4 Å². The van der Waals surface area contributed by atoms with Gasteiger partial charge in [0.15, 0.2) is 18.1 Å². The number of amides is 1. The summed E-state index contributed by atoms with van der Waals surface area (Å²) in [6, 6.07) is 14.5. The van der Waals surface area contributed by atoms with E-state index in [0.29, 0.717) is 41.9 Å². The lowest BCUT2D eigenvalue weighted by atomic mass is 10.2. The van der Waals surface area contributed by atoms with Gasteiger partial charge in [0.25, 0.3) is 5.91 Å². The largest absolute Gasteiger partial charge is 0.493 e. The molecule has 8 heteroatoms. The Bertz CT molecular complexity index is 911. The average molecular weight is 383 g/mol. The molecular formula is C20H21N3O5. The highest BCUT2D eigenvalue weighted by Gasteiger charge is 2.12. The number of aromatic nitrogens is 2. The molecule has 8 nitrogen and oxygen atoms in total. The molecule has 0 fully saturated rings. The van der Waals surface area contributed by atoms with Gasteiger partial charge in [-0.3, -0.25) is 4.79 Å². The van der Waals surface area contributed by atoms with Gasteiger partial charge < -0.3 is 24.1 Å². The standard InChI is InChI=1S/C20H21N3O5/c1-25-16-9-8-14(12-17(16)26-2)20-22-19(28-23-20)10-11-21-18(24)13-27-15-6-4-3-5-7-15/h3-9,12H,10-11,13H2,1-2H3,(H,21,24). The Morgan fingerprint density at radius 1 is 1.07 bits per heavy atom. The topological polar surface area (TPSA) is 95.7 Å². The molecule has 1 aromatic heterocycles. The van der Waals surface area contributed by atoms with Crippen molar-refractivity contribution in [3.05, 3.63) is 54.4 Å². The molecular weight excluding hydrogens is 362 g/mol. The monoisotopic (exact) mass is 383 g/mol. The van der Waals surface area contributed by atoms with Crippen LogP contribution in [-0.4, -0.2) is 43.4 Å². The first-order chi connectivity index (χ1) is 13.7. The maximum Gasteiger partial charge on any atom is 0.257 e. The number of nitrogens with one attached hydrogen (secondary N) is 1. The lowest BCUT2D eigenvalue weighted by Gasteiger charge is -2.07. The average Bonchev–Trinajstić information content (AvgIpc) is 3.21. The minimum atomic E-state index is -0.219. The number of para-hydroxylation sites is 1. The summed E-state index contributed by atoms with van der Waals surface area (Å²) in [6.45, 7) is 0.315. The highest BCUT2D eigenvalue weighted by molar-refractivity contribution is 5.77. The molecule has 0 aliphatic rings. The number of carbonyl (C=O) groups is 1. The second-order valence-corrected chi connectivity index (χ2v) is 5.78. The van der Waals surface area contributed by atoms with E-state index in [1.807, 2.05) is 24.3 Å². The predicted molar refractivity (Wildman–Crippen MR) is 101 cm³/mol. The smallest absolute Gasteiger partial charge is 0.257 e. The van der Waals surface area contributed by atoms with Crippen LogP contribution >= 0.6 is 0 Å². The molecule has 0 spiro atoms. The summed E-state index contributed by atoms with van der Waals surface area (Å²) >= 11 is 0. The number of benzene rings is 2. The van der Waals surface area contributed by atoms with Crippen molar-refractivity contribution in [2.45, 2.75) is 6.42 Å². The zero-order chi connectivity index (χ0) is 19.8. The molecule has 1 amide bonds. The molecule has 1 heterocycles. The van der Waals surface area contributed by atoms with Crippen LogP contribution in [-0.2, 0) is 11.2 Å². The van der Waals surface area contributed by atoms with Gasteiger partial charge in [-0.1, -0.05) is 23.4 Å². The Morgan fingerprint density at radius 3 is 2.61 bits per heavy atom. The van der Waals surface area contributed by atoms with Gasteiger partial charge in [0.1, 0.15) is 5.75 Å². The first-order valence-electron chi connectivity index (χ1n) is 8.69. The minimum Gasteiger partial charge on any atom is -0.493 e. The van der Waals surface area contributed by atoms with Crippen molar-refractivity contribution in [2.24, 2.45) is 0 Å². The van der Waals surface area contributed by atoms with Crippen LogP contribution < -0.4 is 19.5 Å². The number of carbonyl (C=O) groups excluding carboxylic acids is 1. The van der Waals surface area contributed by atoms with Crippen LogP contribution in [0.5, 0.6) is 17.2 Å². The Labute approximate surface area is 162 Å². The van der Waals surface area contributed by atoms with Gasteiger partial charge in [0, 0.05) is 18.5 Å². The molecule has 0 aliphatic carbocycles. The molecule has 28 heavy (non-hydrogen) atoms. The number of rotatable bonds is 9. The lowest BCUT2D eigenvalue weighted by molar-refractivity contribution is -0.123. The van der Waals surface area contributed by atoms with E-state index in [0.717, 1.165) is 5.56 Å². The summed E-state index contributed by atoms with van der Waals surface area (Å²) in [5, 5.41) is 6.73. The van der Waals surface area contributed by atoms with Crippen LogP contribution in [0.4, 0.5) is 0 Å². The molecule has 0 atom stereocenters. The van der Waals surface area contributed by atoms with Gasteiger partial charge in [-0.05, 0) is 30.3 Å². The van der Waals surface area contributed by atoms with Gasteiger partial charge in [0.05, 0.1) is 14.2 Å². The van der Waals surface area contributed by atoms with Gasteiger partial charge in [-0.15, -0.1) is 0 Å². The molecule has 3 rings (SSSR count).